The van der Waals surface area contributed by atoms with E-state index in [0.717, 1.165) is 34.5 Å². The third-order valence-corrected chi connectivity index (χ3v) is 5.71. The maximum Gasteiger partial charge on any atom is 0.227 e. The Bertz CT molecular complexity index is 890. The van der Waals surface area contributed by atoms with Gasteiger partial charge in [0.15, 0.2) is 0 Å². The average Bonchev–Trinajstić information content (AvgIpc) is 3.20. The van der Waals surface area contributed by atoms with Crippen molar-refractivity contribution in [2.45, 2.75) is 37.8 Å². The molecule has 4 nitrogen and oxygen atoms in total. The number of rotatable bonds is 4. The molecule has 3 aromatic rings. The van der Waals surface area contributed by atoms with Crippen LogP contribution in [0.5, 0.6) is 0 Å². The van der Waals surface area contributed by atoms with Crippen LogP contribution in [0.3, 0.4) is 0 Å². The Hall–Kier alpha value is -2.24. The van der Waals surface area contributed by atoms with Crippen molar-refractivity contribution in [2.75, 3.05) is 0 Å². The van der Waals surface area contributed by atoms with Crippen LogP contribution in [-0.4, -0.2) is 23.0 Å². The molecule has 4 rings (SSSR count). The van der Waals surface area contributed by atoms with Crippen LogP contribution in [0.25, 0.3) is 21.3 Å². The Morgan fingerprint density at radius 2 is 2.00 bits per heavy atom. The van der Waals surface area contributed by atoms with Crippen molar-refractivity contribution in [2.24, 2.45) is 5.73 Å². The number of nitrogens with two attached hydrogens (primary N) is 1. The Morgan fingerprint density at radius 1 is 1.16 bits per heavy atom. The fourth-order valence-electron chi connectivity index (χ4n) is 3.42. The predicted molar refractivity (Wildman–Crippen MR) is 103 cm³/mol. The molecular formula is C20H21N3OS. The SMILES string of the molecule is NC1CCC(NC(=O)Cc2nc3ccc(-c4ccccc4)cc3s2)C1. The summed E-state index contributed by atoms with van der Waals surface area (Å²) in [5, 5.41) is 3.95. The van der Waals surface area contributed by atoms with E-state index >= 15 is 0 Å². The molecule has 0 saturated heterocycles. The van der Waals surface area contributed by atoms with Crippen LogP contribution in [0, 0.1) is 0 Å². The van der Waals surface area contributed by atoms with Crippen molar-refractivity contribution in [1.29, 1.82) is 0 Å². The molecule has 0 aliphatic heterocycles. The molecular weight excluding hydrogens is 330 g/mol. The quantitative estimate of drug-likeness (QED) is 0.756. The molecule has 25 heavy (non-hydrogen) atoms. The largest absolute Gasteiger partial charge is 0.353 e. The zero-order valence-electron chi connectivity index (χ0n) is 13.9. The van der Waals surface area contributed by atoms with Gasteiger partial charge in [-0.1, -0.05) is 36.4 Å². The molecule has 1 saturated carbocycles. The van der Waals surface area contributed by atoms with E-state index in [0.29, 0.717) is 6.42 Å². The van der Waals surface area contributed by atoms with E-state index in [1.54, 1.807) is 11.3 Å². The Morgan fingerprint density at radius 3 is 2.76 bits per heavy atom. The summed E-state index contributed by atoms with van der Waals surface area (Å²) in [5.41, 5.74) is 9.22. The molecule has 2 unspecified atom stereocenters. The van der Waals surface area contributed by atoms with Gasteiger partial charge in [-0.05, 0) is 42.5 Å². The number of nitrogens with zero attached hydrogens (tertiary/aromatic N) is 1. The van der Waals surface area contributed by atoms with Crippen LogP contribution in [0.1, 0.15) is 24.3 Å². The monoisotopic (exact) mass is 351 g/mol. The highest BCUT2D eigenvalue weighted by atomic mass is 32.1. The molecule has 1 heterocycles. The zero-order valence-corrected chi connectivity index (χ0v) is 14.8. The lowest BCUT2D eigenvalue weighted by Gasteiger charge is -2.11. The molecule has 128 valence electrons. The number of hydrogen-bond acceptors (Lipinski definition) is 4. The average molecular weight is 351 g/mol. The minimum absolute atomic E-state index is 0.0430. The fraction of sp³-hybridized carbons (Fsp3) is 0.300. The van der Waals surface area contributed by atoms with Crippen molar-refractivity contribution in [3.05, 3.63) is 53.5 Å². The van der Waals surface area contributed by atoms with Crippen LogP contribution in [0.2, 0.25) is 0 Å². The minimum atomic E-state index is 0.0430. The fourth-order valence-corrected chi connectivity index (χ4v) is 4.43. The van der Waals surface area contributed by atoms with E-state index in [2.05, 4.69) is 34.6 Å². The van der Waals surface area contributed by atoms with Crippen molar-refractivity contribution >= 4 is 27.5 Å². The standard InChI is InChI=1S/C20H21N3OS/c21-15-7-8-16(11-15)22-19(24)12-20-23-17-9-6-14(10-18(17)25-20)13-4-2-1-3-5-13/h1-6,9-10,15-16H,7-8,11-12,21H2,(H,22,24). The first-order valence-electron chi connectivity index (χ1n) is 8.67. The second-order valence-electron chi connectivity index (χ2n) is 6.67. The predicted octanol–water partition coefficient (Wildman–Crippen LogP) is 3.50. The first-order chi connectivity index (χ1) is 12.2. The van der Waals surface area contributed by atoms with Crippen molar-refractivity contribution in [3.8, 4) is 11.1 Å². The van der Waals surface area contributed by atoms with E-state index in [-0.39, 0.29) is 18.0 Å². The summed E-state index contributed by atoms with van der Waals surface area (Å²) in [4.78, 5) is 16.9. The van der Waals surface area contributed by atoms with Gasteiger partial charge in [0.25, 0.3) is 0 Å². The molecule has 5 heteroatoms. The van der Waals surface area contributed by atoms with Gasteiger partial charge in [0, 0.05) is 12.1 Å². The highest BCUT2D eigenvalue weighted by Crippen LogP contribution is 2.28. The normalized spacial score (nSPS) is 20.0. The Labute approximate surface area is 151 Å². The molecule has 1 amide bonds. The first kappa shape index (κ1) is 16.2. The van der Waals surface area contributed by atoms with Crippen molar-refractivity contribution < 1.29 is 4.79 Å². The van der Waals surface area contributed by atoms with Crippen LogP contribution in [0.4, 0.5) is 0 Å². The smallest absolute Gasteiger partial charge is 0.227 e. The zero-order chi connectivity index (χ0) is 17.2. The highest BCUT2D eigenvalue weighted by Gasteiger charge is 2.23. The third kappa shape index (κ3) is 3.72. The molecule has 2 atom stereocenters. The van der Waals surface area contributed by atoms with Crippen molar-refractivity contribution in [1.82, 2.24) is 10.3 Å². The Balaban J connectivity index is 1.48. The van der Waals surface area contributed by atoms with Crippen LogP contribution in [-0.2, 0) is 11.2 Å². The first-order valence-corrected chi connectivity index (χ1v) is 9.49. The third-order valence-electron chi connectivity index (χ3n) is 4.69. The van der Waals surface area contributed by atoms with Gasteiger partial charge < -0.3 is 11.1 Å². The number of nitrogens with one attached hydrogen (secondary N) is 1. The summed E-state index contributed by atoms with van der Waals surface area (Å²) >= 11 is 1.60. The van der Waals surface area contributed by atoms with Gasteiger partial charge in [-0.25, -0.2) is 4.98 Å². The number of carbonyl (C=O) groups is 1. The van der Waals surface area contributed by atoms with Crippen LogP contribution < -0.4 is 11.1 Å². The number of fused-ring (bicyclic) bond motifs is 1. The van der Waals surface area contributed by atoms with E-state index in [9.17, 15) is 4.79 Å². The summed E-state index contributed by atoms with van der Waals surface area (Å²) in [5.74, 6) is 0.0430. The highest BCUT2D eigenvalue weighted by molar-refractivity contribution is 7.18. The lowest BCUT2D eigenvalue weighted by atomic mass is 10.1. The Kier molecular flexibility index (Phi) is 4.51. The molecule has 1 aliphatic rings. The maximum absolute atomic E-state index is 12.3. The summed E-state index contributed by atoms with van der Waals surface area (Å²) in [6, 6.07) is 17.0. The van der Waals surface area contributed by atoms with Gasteiger partial charge in [-0.3, -0.25) is 4.79 Å². The number of benzene rings is 2. The lowest BCUT2D eigenvalue weighted by Crippen LogP contribution is -2.35. The molecule has 1 fully saturated rings. The maximum atomic E-state index is 12.3. The van der Waals surface area contributed by atoms with Crippen LogP contribution in [0.15, 0.2) is 48.5 Å². The van der Waals surface area contributed by atoms with E-state index in [1.165, 1.54) is 11.1 Å². The minimum Gasteiger partial charge on any atom is -0.353 e. The van der Waals surface area contributed by atoms with Crippen LogP contribution >= 0.6 is 11.3 Å². The number of amides is 1. The number of carbonyl (C=O) groups excluding carboxylic acids is 1. The van der Waals surface area contributed by atoms with Gasteiger partial charge in [-0.15, -0.1) is 11.3 Å². The lowest BCUT2D eigenvalue weighted by molar-refractivity contribution is -0.121. The summed E-state index contributed by atoms with van der Waals surface area (Å²) in [6.45, 7) is 0. The molecule has 0 radical (unpaired) electrons. The number of aromatic nitrogens is 1. The topological polar surface area (TPSA) is 68.0 Å². The van der Waals surface area contributed by atoms with E-state index in [1.807, 2.05) is 24.3 Å². The van der Waals surface area contributed by atoms with Crippen molar-refractivity contribution in [3.63, 3.8) is 0 Å². The van der Waals surface area contributed by atoms with Gasteiger partial charge in [0.2, 0.25) is 5.91 Å². The summed E-state index contributed by atoms with van der Waals surface area (Å²) < 4.78 is 1.12. The van der Waals surface area contributed by atoms with E-state index < -0.39 is 0 Å². The number of thiazole rings is 1. The number of hydrogen-bond donors (Lipinski definition) is 2. The van der Waals surface area contributed by atoms with Gasteiger partial charge in [0.05, 0.1) is 16.6 Å². The second kappa shape index (κ2) is 6.94. The molecule has 0 bridgehead atoms. The molecule has 3 N–H and O–H groups in total. The molecule has 1 aromatic heterocycles. The summed E-state index contributed by atoms with van der Waals surface area (Å²) in [6.07, 6.45) is 3.19. The molecule has 1 aliphatic carbocycles. The van der Waals surface area contributed by atoms with Gasteiger partial charge in [-0.2, -0.15) is 0 Å². The molecule has 0 spiro atoms. The summed E-state index contributed by atoms with van der Waals surface area (Å²) in [7, 11) is 0. The van der Waals surface area contributed by atoms with E-state index in [4.69, 9.17) is 5.73 Å². The van der Waals surface area contributed by atoms with Gasteiger partial charge in [0.1, 0.15) is 5.01 Å². The molecule has 2 aromatic carbocycles. The second-order valence-corrected chi connectivity index (χ2v) is 7.79. The van der Waals surface area contributed by atoms with Gasteiger partial charge >= 0.3 is 0 Å².